The standard InChI is InChI=1S/C26H27N3O4S2/c30-24(17-27-19-11-12-19)22(16-18-6-2-1-3-7-18)28-26(31)21-8-4-9-23-20(21)13-14-29(23)35(32,33)25-10-5-15-34-25/h1-10,13-15,19,22,24,27,30H,11-12,16-17H2,(H,28,31)/t22-,24+/m0/s1. The number of carbonyl (C=O) groups excluding carboxylic acids is 1. The van der Waals surface area contributed by atoms with Crippen molar-refractivity contribution in [3.05, 3.63) is 89.4 Å². The number of nitrogens with one attached hydrogen (secondary N) is 2. The van der Waals surface area contributed by atoms with Crippen LogP contribution in [-0.4, -0.2) is 48.1 Å². The molecule has 0 aliphatic heterocycles. The topological polar surface area (TPSA) is 100 Å². The Hall–Kier alpha value is -2.98. The molecular weight excluding hydrogens is 482 g/mol. The summed E-state index contributed by atoms with van der Waals surface area (Å²) in [6.07, 6.45) is 3.39. The molecule has 1 aliphatic rings. The summed E-state index contributed by atoms with van der Waals surface area (Å²) >= 11 is 1.15. The van der Waals surface area contributed by atoms with Gasteiger partial charge in [0.15, 0.2) is 0 Å². The van der Waals surface area contributed by atoms with E-state index < -0.39 is 22.2 Å². The lowest BCUT2D eigenvalue weighted by Crippen LogP contribution is -2.49. The van der Waals surface area contributed by atoms with E-state index in [9.17, 15) is 18.3 Å². The second kappa shape index (κ2) is 9.94. The Labute approximate surface area is 208 Å². The summed E-state index contributed by atoms with van der Waals surface area (Å²) in [4.78, 5) is 13.4. The first-order valence-electron chi connectivity index (χ1n) is 11.6. The minimum atomic E-state index is -3.75. The van der Waals surface area contributed by atoms with Crippen LogP contribution in [0.15, 0.2) is 82.5 Å². The van der Waals surface area contributed by atoms with Gasteiger partial charge in [0, 0.05) is 29.7 Å². The van der Waals surface area contributed by atoms with Crippen LogP contribution < -0.4 is 10.6 Å². The second-order valence-corrected chi connectivity index (χ2v) is 11.8. The summed E-state index contributed by atoms with van der Waals surface area (Å²) in [5, 5.41) is 19.5. The molecule has 7 nitrogen and oxygen atoms in total. The quantitative estimate of drug-likeness (QED) is 0.304. The maximum absolute atomic E-state index is 13.4. The first kappa shape index (κ1) is 23.7. The van der Waals surface area contributed by atoms with E-state index in [2.05, 4.69) is 10.6 Å². The maximum atomic E-state index is 13.4. The molecule has 3 N–H and O–H groups in total. The fourth-order valence-corrected chi connectivity index (χ4v) is 6.60. The van der Waals surface area contributed by atoms with Crippen molar-refractivity contribution in [2.75, 3.05) is 6.54 Å². The number of aliphatic hydroxyl groups excluding tert-OH is 1. The number of nitrogens with zero attached hydrogens (tertiary/aromatic N) is 1. The van der Waals surface area contributed by atoms with Gasteiger partial charge in [-0.25, -0.2) is 3.97 Å². The third kappa shape index (κ3) is 5.18. The molecule has 0 unspecified atom stereocenters. The van der Waals surface area contributed by atoms with Crippen LogP contribution in [-0.2, 0) is 16.4 Å². The third-order valence-electron chi connectivity index (χ3n) is 6.22. The number of hydrogen-bond acceptors (Lipinski definition) is 6. The van der Waals surface area contributed by atoms with Gasteiger partial charge in [0.05, 0.1) is 17.7 Å². The zero-order chi connectivity index (χ0) is 24.4. The van der Waals surface area contributed by atoms with Gasteiger partial charge in [-0.1, -0.05) is 42.5 Å². The van der Waals surface area contributed by atoms with Gasteiger partial charge in [-0.15, -0.1) is 11.3 Å². The number of fused-ring (bicyclic) bond motifs is 1. The maximum Gasteiger partial charge on any atom is 0.277 e. The fourth-order valence-electron chi connectivity index (χ4n) is 4.17. The van der Waals surface area contributed by atoms with Crippen LogP contribution in [0.3, 0.4) is 0 Å². The summed E-state index contributed by atoms with van der Waals surface area (Å²) < 4.78 is 27.6. The summed E-state index contributed by atoms with van der Waals surface area (Å²) in [5.74, 6) is -0.353. The van der Waals surface area contributed by atoms with Gasteiger partial charge in [0.25, 0.3) is 15.9 Å². The Balaban J connectivity index is 1.42. The molecule has 35 heavy (non-hydrogen) atoms. The predicted octanol–water partition coefficient (Wildman–Crippen LogP) is 3.39. The molecule has 2 aromatic carbocycles. The van der Waals surface area contributed by atoms with Gasteiger partial charge in [-0.3, -0.25) is 4.79 Å². The predicted molar refractivity (Wildman–Crippen MR) is 137 cm³/mol. The number of carbonyl (C=O) groups is 1. The van der Waals surface area contributed by atoms with Crippen molar-refractivity contribution in [2.24, 2.45) is 0 Å². The number of hydrogen-bond donors (Lipinski definition) is 3. The molecule has 1 amide bonds. The highest BCUT2D eigenvalue weighted by Crippen LogP contribution is 2.27. The molecule has 2 heterocycles. The number of amides is 1. The van der Waals surface area contributed by atoms with Gasteiger partial charge in [-0.05, 0) is 54.5 Å². The van der Waals surface area contributed by atoms with Crippen molar-refractivity contribution in [3.63, 3.8) is 0 Å². The highest BCUT2D eigenvalue weighted by molar-refractivity contribution is 7.92. The first-order chi connectivity index (χ1) is 16.9. The third-order valence-corrected chi connectivity index (χ3v) is 9.29. The van der Waals surface area contributed by atoms with Crippen LogP contribution in [0.5, 0.6) is 0 Å². The molecule has 182 valence electrons. The molecule has 0 radical (unpaired) electrons. The van der Waals surface area contributed by atoms with E-state index in [-0.39, 0.29) is 10.1 Å². The Morgan fingerprint density at radius 3 is 2.57 bits per heavy atom. The molecule has 4 aromatic rings. The van der Waals surface area contributed by atoms with Gasteiger partial charge in [0.2, 0.25) is 0 Å². The molecule has 5 rings (SSSR count). The molecular formula is C26H27N3O4S2. The Morgan fingerprint density at radius 1 is 1.06 bits per heavy atom. The molecule has 0 spiro atoms. The van der Waals surface area contributed by atoms with Crippen molar-refractivity contribution in [2.45, 2.75) is 41.7 Å². The Morgan fingerprint density at radius 2 is 1.86 bits per heavy atom. The number of thiophene rings is 1. The number of aliphatic hydroxyl groups is 1. The molecule has 1 saturated carbocycles. The summed E-state index contributed by atoms with van der Waals surface area (Å²) in [6.45, 7) is 0.391. The summed E-state index contributed by atoms with van der Waals surface area (Å²) in [5.41, 5.74) is 1.80. The lowest BCUT2D eigenvalue weighted by molar-refractivity contribution is 0.0831. The lowest BCUT2D eigenvalue weighted by atomic mass is 10.00. The van der Waals surface area contributed by atoms with Crippen molar-refractivity contribution in [3.8, 4) is 0 Å². The summed E-state index contributed by atoms with van der Waals surface area (Å²) in [6, 6.07) is 19.6. The molecule has 2 aromatic heterocycles. The molecule has 0 saturated heterocycles. The Kier molecular flexibility index (Phi) is 6.75. The van der Waals surface area contributed by atoms with Crippen LogP contribution in [0, 0.1) is 0 Å². The van der Waals surface area contributed by atoms with E-state index in [4.69, 9.17) is 0 Å². The lowest BCUT2D eigenvalue weighted by Gasteiger charge is -2.25. The smallest absolute Gasteiger partial charge is 0.277 e. The highest BCUT2D eigenvalue weighted by atomic mass is 32.2. The summed E-state index contributed by atoms with van der Waals surface area (Å²) in [7, 11) is -3.75. The molecule has 9 heteroatoms. The average Bonchev–Trinajstić information content (AvgIpc) is 3.32. The van der Waals surface area contributed by atoms with E-state index in [1.807, 2.05) is 30.3 Å². The van der Waals surface area contributed by atoms with Crippen LogP contribution in [0.4, 0.5) is 0 Å². The molecule has 1 aliphatic carbocycles. The van der Waals surface area contributed by atoms with Crippen LogP contribution in [0.2, 0.25) is 0 Å². The SMILES string of the molecule is O=C(N[C@@H](Cc1ccccc1)[C@H](O)CNC1CC1)c1cccc2c1ccn2S(=O)(=O)c1cccs1. The van der Waals surface area contributed by atoms with Gasteiger partial charge in [-0.2, -0.15) is 8.42 Å². The van der Waals surface area contributed by atoms with E-state index >= 15 is 0 Å². The van der Waals surface area contributed by atoms with E-state index in [1.54, 1.807) is 41.8 Å². The molecule has 0 bridgehead atoms. The molecule has 1 fully saturated rings. The van der Waals surface area contributed by atoms with E-state index in [1.165, 1.54) is 10.2 Å². The van der Waals surface area contributed by atoms with Crippen molar-refractivity contribution >= 4 is 38.2 Å². The number of rotatable bonds is 10. The monoisotopic (exact) mass is 509 g/mol. The average molecular weight is 510 g/mol. The van der Waals surface area contributed by atoms with Gasteiger partial charge < -0.3 is 15.7 Å². The number of benzene rings is 2. The minimum Gasteiger partial charge on any atom is -0.390 e. The van der Waals surface area contributed by atoms with Crippen molar-refractivity contribution in [1.29, 1.82) is 0 Å². The zero-order valence-electron chi connectivity index (χ0n) is 19.0. The largest absolute Gasteiger partial charge is 0.390 e. The first-order valence-corrected chi connectivity index (χ1v) is 13.9. The van der Waals surface area contributed by atoms with E-state index in [0.717, 1.165) is 29.7 Å². The minimum absolute atomic E-state index is 0.235. The second-order valence-electron chi connectivity index (χ2n) is 8.81. The normalized spacial score (nSPS) is 15.7. The van der Waals surface area contributed by atoms with Gasteiger partial charge in [0.1, 0.15) is 4.21 Å². The van der Waals surface area contributed by atoms with Crippen LogP contribution in [0.25, 0.3) is 10.9 Å². The highest BCUT2D eigenvalue weighted by Gasteiger charge is 2.27. The van der Waals surface area contributed by atoms with Crippen LogP contribution >= 0.6 is 11.3 Å². The molecule has 2 atom stereocenters. The van der Waals surface area contributed by atoms with Crippen molar-refractivity contribution in [1.82, 2.24) is 14.6 Å². The fraction of sp³-hybridized carbons (Fsp3) is 0.269. The van der Waals surface area contributed by atoms with Crippen LogP contribution in [0.1, 0.15) is 28.8 Å². The zero-order valence-corrected chi connectivity index (χ0v) is 20.6. The number of aromatic nitrogens is 1. The Bertz CT molecular complexity index is 1410. The van der Waals surface area contributed by atoms with Gasteiger partial charge >= 0.3 is 0 Å². The van der Waals surface area contributed by atoms with Crippen molar-refractivity contribution < 1.29 is 18.3 Å². The van der Waals surface area contributed by atoms with E-state index in [0.29, 0.717) is 35.5 Å².